The summed E-state index contributed by atoms with van der Waals surface area (Å²) in [4.78, 5) is 2.59. The molecule has 0 saturated carbocycles. The van der Waals surface area contributed by atoms with Crippen LogP contribution >= 0.6 is 0 Å². The molecule has 1 saturated heterocycles. The molecule has 1 aliphatic heterocycles. The Bertz CT molecular complexity index is 143. The number of nitrogens with zero attached hydrogens (tertiary/aromatic N) is 1. The topological polar surface area (TPSA) is 29.3 Å². The number of hydrogen-bond donors (Lipinski definition) is 1. The van der Waals surface area contributed by atoms with Crippen molar-refractivity contribution < 1.29 is 0 Å². The lowest BCUT2D eigenvalue weighted by molar-refractivity contribution is 0.285. The Kier molecular flexibility index (Phi) is 4.20. The van der Waals surface area contributed by atoms with Gasteiger partial charge in [-0.1, -0.05) is 20.3 Å². The van der Waals surface area contributed by atoms with E-state index in [1.54, 1.807) is 0 Å². The summed E-state index contributed by atoms with van der Waals surface area (Å²) in [6.07, 6.45) is 5.18. The van der Waals surface area contributed by atoms with Crippen LogP contribution in [0.5, 0.6) is 0 Å². The average molecular weight is 184 g/mol. The van der Waals surface area contributed by atoms with Crippen molar-refractivity contribution in [3.63, 3.8) is 0 Å². The van der Waals surface area contributed by atoms with Gasteiger partial charge >= 0.3 is 0 Å². The molecule has 0 amide bonds. The molecule has 78 valence electrons. The van der Waals surface area contributed by atoms with Crippen molar-refractivity contribution in [1.82, 2.24) is 4.90 Å². The minimum atomic E-state index is 0.563. The van der Waals surface area contributed by atoms with Crippen molar-refractivity contribution in [2.45, 2.75) is 39.5 Å². The third-order valence-corrected chi connectivity index (χ3v) is 2.93. The number of unbranched alkanes of at least 4 members (excludes halogenated alkanes) is 2. The fourth-order valence-electron chi connectivity index (χ4n) is 2.07. The third kappa shape index (κ3) is 4.10. The fraction of sp³-hybridized carbons (Fsp3) is 1.00. The number of nitrogens with two attached hydrogens (primary N) is 1. The molecule has 2 nitrogen and oxygen atoms in total. The largest absolute Gasteiger partial charge is 0.330 e. The summed E-state index contributed by atoms with van der Waals surface area (Å²) in [6, 6.07) is 0. The smallest absolute Gasteiger partial charge is 0.00332 e. The summed E-state index contributed by atoms with van der Waals surface area (Å²) in [6.45, 7) is 9.46. The van der Waals surface area contributed by atoms with Gasteiger partial charge < -0.3 is 10.6 Å². The first-order valence-electron chi connectivity index (χ1n) is 5.56. The first kappa shape index (κ1) is 11.0. The molecule has 0 aromatic heterocycles. The van der Waals surface area contributed by atoms with Crippen LogP contribution in [0.3, 0.4) is 0 Å². The summed E-state index contributed by atoms with van der Waals surface area (Å²) in [7, 11) is 0. The van der Waals surface area contributed by atoms with E-state index in [-0.39, 0.29) is 0 Å². The van der Waals surface area contributed by atoms with Crippen molar-refractivity contribution >= 4 is 0 Å². The highest BCUT2D eigenvalue weighted by Gasteiger charge is 2.28. The Labute approximate surface area is 82.5 Å². The minimum Gasteiger partial charge on any atom is -0.330 e. The van der Waals surface area contributed by atoms with Crippen LogP contribution in [0, 0.1) is 5.41 Å². The van der Waals surface area contributed by atoms with E-state index >= 15 is 0 Å². The SMILES string of the molecule is CC1(C)CCN(CCCCCN)C1. The van der Waals surface area contributed by atoms with Gasteiger partial charge in [-0.25, -0.2) is 0 Å². The molecule has 0 atom stereocenters. The second-order valence-electron chi connectivity index (χ2n) is 5.04. The molecular weight excluding hydrogens is 160 g/mol. The maximum Gasteiger partial charge on any atom is 0.00332 e. The van der Waals surface area contributed by atoms with Crippen LogP contribution in [-0.2, 0) is 0 Å². The Balaban J connectivity index is 2.04. The third-order valence-electron chi connectivity index (χ3n) is 2.93. The van der Waals surface area contributed by atoms with Crippen molar-refractivity contribution in [1.29, 1.82) is 0 Å². The highest BCUT2D eigenvalue weighted by atomic mass is 15.1. The van der Waals surface area contributed by atoms with Gasteiger partial charge in [0.1, 0.15) is 0 Å². The zero-order valence-electron chi connectivity index (χ0n) is 9.18. The van der Waals surface area contributed by atoms with Gasteiger partial charge in [0, 0.05) is 6.54 Å². The molecule has 2 N–H and O–H groups in total. The van der Waals surface area contributed by atoms with Crippen LogP contribution in [0.2, 0.25) is 0 Å². The van der Waals surface area contributed by atoms with Gasteiger partial charge in [-0.15, -0.1) is 0 Å². The molecule has 2 heteroatoms. The van der Waals surface area contributed by atoms with Gasteiger partial charge in [0.2, 0.25) is 0 Å². The molecule has 0 bridgehead atoms. The van der Waals surface area contributed by atoms with Crippen molar-refractivity contribution in [2.24, 2.45) is 11.1 Å². The number of rotatable bonds is 5. The zero-order chi connectivity index (χ0) is 9.73. The van der Waals surface area contributed by atoms with Gasteiger partial charge in [-0.2, -0.15) is 0 Å². The maximum atomic E-state index is 5.45. The van der Waals surface area contributed by atoms with Crippen molar-refractivity contribution in [3.8, 4) is 0 Å². The first-order chi connectivity index (χ1) is 6.14. The van der Waals surface area contributed by atoms with E-state index in [4.69, 9.17) is 5.73 Å². The van der Waals surface area contributed by atoms with Crippen LogP contribution in [-0.4, -0.2) is 31.1 Å². The van der Waals surface area contributed by atoms with Crippen LogP contribution in [0.25, 0.3) is 0 Å². The summed E-state index contributed by atoms with van der Waals surface area (Å²) in [5.74, 6) is 0. The molecule has 0 aromatic carbocycles. The quantitative estimate of drug-likeness (QED) is 0.661. The van der Waals surface area contributed by atoms with E-state index in [1.807, 2.05) is 0 Å². The van der Waals surface area contributed by atoms with E-state index < -0.39 is 0 Å². The first-order valence-corrected chi connectivity index (χ1v) is 5.56. The Morgan fingerprint density at radius 2 is 2.00 bits per heavy atom. The lowest BCUT2D eigenvalue weighted by Gasteiger charge is -2.19. The molecule has 1 fully saturated rings. The normalized spacial score (nSPS) is 22.4. The predicted molar refractivity (Wildman–Crippen MR) is 57.7 cm³/mol. The molecule has 1 rings (SSSR count). The molecule has 0 radical (unpaired) electrons. The molecule has 1 heterocycles. The van der Waals surface area contributed by atoms with E-state index in [2.05, 4.69) is 18.7 Å². The fourth-order valence-corrected chi connectivity index (χ4v) is 2.07. The van der Waals surface area contributed by atoms with Gasteiger partial charge in [0.05, 0.1) is 0 Å². The predicted octanol–water partition coefficient (Wildman–Crippen LogP) is 1.85. The average Bonchev–Trinajstić information content (AvgIpc) is 2.40. The second kappa shape index (κ2) is 4.97. The summed E-state index contributed by atoms with van der Waals surface area (Å²) < 4.78 is 0. The summed E-state index contributed by atoms with van der Waals surface area (Å²) >= 11 is 0. The van der Waals surface area contributed by atoms with Gasteiger partial charge in [0.25, 0.3) is 0 Å². The maximum absolute atomic E-state index is 5.45. The van der Waals surface area contributed by atoms with Gasteiger partial charge in [-0.05, 0) is 44.3 Å². The van der Waals surface area contributed by atoms with Crippen LogP contribution < -0.4 is 5.73 Å². The van der Waals surface area contributed by atoms with E-state index in [9.17, 15) is 0 Å². The van der Waals surface area contributed by atoms with Crippen LogP contribution in [0.1, 0.15) is 39.5 Å². The molecule has 1 aliphatic rings. The van der Waals surface area contributed by atoms with E-state index in [1.165, 1.54) is 45.3 Å². The molecule has 0 spiro atoms. The Morgan fingerprint density at radius 1 is 1.23 bits per heavy atom. The second-order valence-corrected chi connectivity index (χ2v) is 5.04. The number of likely N-dealkylation sites (tertiary alicyclic amines) is 1. The summed E-state index contributed by atoms with van der Waals surface area (Å²) in [5, 5.41) is 0. The molecule has 0 aliphatic carbocycles. The van der Waals surface area contributed by atoms with Crippen LogP contribution in [0.4, 0.5) is 0 Å². The van der Waals surface area contributed by atoms with Gasteiger partial charge in [-0.3, -0.25) is 0 Å². The van der Waals surface area contributed by atoms with E-state index in [0.717, 1.165) is 6.54 Å². The Hall–Kier alpha value is -0.0800. The highest BCUT2D eigenvalue weighted by Crippen LogP contribution is 2.28. The molecule has 0 aromatic rings. The van der Waals surface area contributed by atoms with Crippen LogP contribution in [0.15, 0.2) is 0 Å². The van der Waals surface area contributed by atoms with Crippen molar-refractivity contribution in [2.75, 3.05) is 26.2 Å². The van der Waals surface area contributed by atoms with Crippen molar-refractivity contribution in [3.05, 3.63) is 0 Å². The van der Waals surface area contributed by atoms with E-state index in [0.29, 0.717) is 5.41 Å². The Morgan fingerprint density at radius 3 is 2.54 bits per heavy atom. The monoisotopic (exact) mass is 184 g/mol. The number of hydrogen-bond acceptors (Lipinski definition) is 2. The highest BCUT2D eigenvalue weighted by molar-refractivity contribution is 4.82. The zero-order valence-corrected chi connectivity index (χ0v) is 9.18. The molecule has 0 unspecified atom stereocenters. The molecule has 13 heavy (non-hydrogen) atoms. The summed E-state index contributed by atoms with van der Waals surface area (Å²) in [5.41, 5.74) is 6.02. The minimum absolute atomic E-state index is 0.563. The molecular formula is C11H24N2. The lowest BCUT2D eigenvalue weighted by atomic mass is 9.93. The lowest BCUT2D eigenvalue weighted by Crippen LogP contribution is -2.24. The van der Waals surface area contributed by atoms with Gasteiger partial charge in [0.15, 0.2) is 0 Å². The standard InChI is InChI=1S/C11H24N2/c1-11(2)6-9-13(10-11)8-5-3-4-7-12/h3-10,12H2,1-2H3.